The fourth-order valence-electron chi connectivity index (χ4n) is 3.74. The number of nitrogens with zero attached hydrogens (tertiary/aromatic N) is 2. The van der Waals surface area contributed by atoms with Crippen molar-refractivity contribution in [3.63, 3.8) is 0 Å². The molecule has 152 valence electrons. The number of carbonyl (C=O) groups is 2. The van der Waals surface area contributed by atoms with Crippen LogP contribution in [0.1, 0.15) is 22.9 Å². The van der Waals surface area contributed by atoms with Gasteiger partial charge in [0.25, 0.3) is 0 Å². The van der Waals surface area contributed by atoms with Gasteiger partial charge in [-0.1, -0.05) is 48.5 Å². The standard InChI is InChI=1S/C24H22FN3O2/c25-20-10-5-4-7-18(20)12-13-22(29)26-17-23(30)28-16-15-27-14-6-11-21(27)24(28)19-8-2-1-3-9-19/h1-14,24H,15-17H2,(H,26,29). The van der Waals surface area contributed by atoms with E-state index in [0.717, 1.165) is 11.3 Å². The molecule has 3 aromatic rings. The Labute approximate surface area is 174 Å². The smallest absolute Gasteiger partial charge is 0.244 e. The van der Waals surface area contributed by atoms with Crippen LogP contribution in [0.5, 0.6) is 0 Å². The van der Waals surface area contributed by atoms with Crippen LogP contribution in [0, 0.1) is 5.82 Å². The summed E-state index contributed by atoms with van der Waals surface area (Å²) >= 11 is 0. The molecule has 1 N–H and O–H groups in total. The molecule has 1 aliphatic rings. The van der Waals surface area contributed by atoms with E-state index in [1.165, 1.54) is 18.2 Å². The lowest BCUT2D eigenvalue weighted by molar-refractivity contribution is -0.134. The molecule has 5 nitrogen and oxygen atoms in total. The number of nitrogens with one attached hydrogen (secondary N) is 1. The zero-order valence-electron chi connectivity index (χ0n) is 16.4. The third-order valence-corrected chi connectivity index (χ3v) is 5.21. The first-order valence-electron chi connectivity index (χ1n) is 9.83. The van der Waals surface area contributed by atoms with Gasteiger partial charge in [0.05, 0.1) is 12.6 Å². The number of rotatable bonds is 5. The molecule has 1 aromatic heterocycles. The highest BCUT2D eigenvalue weighted by molar-refractivity contribution is 5.94. The molecule has 0 fully saturated rings. The van der Waals surface area contributed by atoms with Gasteiger partial charge in [0.2, 0.25) is 11.8 Å². The van der Waals surface area contributed by atoms with E-state index in [1.54, 1.807) is 23.1 Å². The van der Waals surface area contributed by atoms with E-state index in [0.29, 0.717) is 18.7 Å². The molecule has 2 heterocycles. The number of hydrogen-bond donors (Lipinski definition) is 1. The van der Waals surface area contributed by atoms with E-state index in [2.05, 4.69) is 9.88 Å². The second kappa shape index (κ2) is 8.78. The summed E-state index contributed by atoms with van der Waals surface area (Å²) in [5.74, 6) is -1.01. The van der Waals surface area contributed by atoms with Crippen LogP contribution in [0.25, 0.3) is 6.08 Å². The first-order valence-corrected chi connectivity index (χ1v) is 9.83. The van der Waals surface area contributed by atoms with Gasteiger partial charge in [-0.15, -0.1) is 0 Å². The first kappa shape index (κ1) is 19.6. The molecule has 4 rings (SSSR count). The van der Waals surface area contributed by atoms with Crippen LogP contribution in [0.2, 0.25) is 0 Å². The topological polar surface area (TPSA) is 54.3 Å². The van der Waals surface area contributed by atoms with Crippen LogP contribution in [0.3, 0.4) is 0 Å². The van der Waals surface area contributed by atoms with Crippen molar-refractivity contribution in [2.45, 2.75) is 12.6 Å². The predicted octanol–water partition coefficient (Wildman–Crippen LogP) is 3.39. The average molecular weight is 403 g/mol. The number of aromatic nitrogens is 1. The predicted molar refractivity (Wildman–Crippen MR) is 113 cm³/mol. The van der Waals surface area contributed by atoms with Crippen molar-refractivity contribution in [1.82, 2.24) is 14.8 Å². The summed E-state index contributed by atoms with van der Waals surface area (Å²) in [4.78, 5) is 26.9. The second-order valence-electron chi connectivity index (χ2n) is 7.10. The summed E-state index contributed by atoms with van der Waals surface area (Å²) in [5.41, 5.74) is 2.39. The minimum absolute atomic E-state index is 0.121. The van der Waals surface area contributed by atoms with E-state index in [1.807, 2.05) is 48.7 Å². The maximum atomic E-state index is 13.7. The zero-order chi connectivity index (χ0) is 20.9. The van der Waals surface area contributed by atoms with Crippen LogP contribution in [-0.2, 0) is 16.1 Å². The third-order valence-electron chi connectivity index (χ3n) is 5.21. The van der Waals surface area contributed by atoms with Crippen molar-refractivity contribution >= 4 is 17.9 Å². The molecule has 2 aromatic carbocycles. The van der Waals surface area contributed by atoms with Gasteiger partial charge in [0.1, 0.15) is 5.82 Å². The van der Waals surface area contributed by atoms with Gasteiger partial charge in [0.15, 0.2) is 0 Å². The molecular formula is C24H22FN3O2. The molecule has 0 radical (unpaired) electrons. The minimum Gasteiger partial charge on any atom is -0.348 e. The molecule has 0 spiro atoms. The van der Waals surface area contributed by atoms with Gasteiger partial charge >= 0.3 is 0 Å². The summed E-state index contributed by atoms with van der Waals surface area (Å²) in [6.07, 6.45) is 4.65. The Morgan fingerprint density at radius 3 is 2.57 bits per heavy atom. The van der Waals surface area contributed by atoms with Gasteiger partial charge in [0, 0.05) is 36.6 Å². The largest absolute Gasteiger partial charge is 0.348 e. The first-order chi connectivity index (χ1) is 14.6. The summed E-state index contributed by atoms with van der Waals surface area (Å²) in [6, 6.07) is 19.9. The van der Waals surface area contributed by atoms with Crippen LogP contribution in [0.15, 0.2) is 79.0 Å². The third kappa shape index (κ3) is 4.17. The van der Waals surface area contributed by atoms with Crippen molar-refractivity contribution in [1.29, 1.82) is 0 Å². The molecule has 1 unspecified atom stereocenters. The molecule has 30 heavy (non-hydrogen) atoms. The number of hydrogen-bond acceptors (Lipinski definition) is 2. The minimum atomic E-state index is -0.441. The molecule has 1 atom stereocenters. The zero-order valence-corrected chi connectivity index (χ0v) is 16.4. The van der Waals surface area contributed by atoms with Gasteiger partial charge in [-0.05, 0) is 29.8 Å². The van der Waals surface area contributed by atoms with Crippen LogP contribution in [0.4, 0.5) is 4.39 Å². The quantitative estimate of drug-likeness (QED) is 0.664. The fraction of sp³-hybridized carbons (Fsp3) is 0.167. The Morgan fingerprint density at radius 2 is 1.77 bits per heavy atom. The van der Waals surface area contributed by atoms with Crippen molar-refractivity contribution < 1.29 is 14.0 Å². The second-order valence-corrected chi connectivity index (χ2v) is 7.10. The molecule has 1 aliphatic heterocycles. The van der Waals surface area contributed by atoms with Crippen LogP contribution < -0.4 is 5.32 Å². The monoisotopic (exact) mass is 403 g/mol. The van der Waals surface area contributed by atoms with Crippen molar-refractivity contribution in [2.24, 2.45) is 0 Å². The summed E-state index contributed by atoms with van der Waals surface area (Å²) in [6.45, 7) is 1.14. The summed E-state index contributed by atoms with van der Waals surface area (Å²) < 4.78 is 15.8. The van der Waals surface area contributed by atoms with E-state index >= 15 is 0 Å². The van der Waals surface area contributed by atoms with Gasteiger partial charge in [-0.2, -0.15) is 0 Å². The number of benzene rings is 2. The Morgan fingerprint density at radius 1 is 1.00 bits per heavy atom. The van der Waals surface area contributed by atoms with E-state index < -0.39 is 11.7 Å². The maximum absolute atomic E-state index is 13.7. The summed E-state index contributed by atoms with van der Waals surface area (Å²) in [7, 11) is 0. The van der Waals surface area contributed by atoms with Crippen molar-refractivity contribution in [2.75, 3.05) is 13.1 Å². The lowest BCUT2D eigenvalue weighted by atomic mass is 10.00. The molecule has 2 amide bonds. The highest BCUT2D eigenvalue weighted by atomic mass is 19.1. The van der Waals surface area contributed by atoms with Gasteiger partial charge < -0.3 is 14.8 Å². The fourth-order valence-corrected chi connectivity index (χ4v) is 3.74. The molecule has 0 saturated heterocycles. The number of halogens is 1. The Kier molecular flexibility index (Phi) is 5.75. The van der Waals surface area contributed by atoms with Gasteiger partial charge in [-0.25, -0.2) is 4.39 Å². The highest BCUT2D eigenvalue weighted by Crippen LogP contribution is 2.32. The van der Waals surface area contributed by atoms with Crippen LogP contribution in [-0.4, -0.2) is 34.4 Å². The summed E-state index contributed by atoms with van der Waals surface area (Å²) in [5, 5.41) is 2.61. The molecular weight excluding hydrogens is 381 g/mol. The lowest BCUT2D eigenvalue weighted by Gasteiger charge is -2.37. The van der Waals surface area contributed by atoms with Crippen LogP contribution >= 0.6 is 0 Å². The number of amides is 2. The lowest BCUT2D eigenvalue weighted by Crippen LogP contribution is -2.46. The Balaban J connectivity index is 1.45. The van der Waals surface area contributed by atoms with Crippen molar-refractivity contribution in [3.05, 3.63) is 102 Å². The maximum Gasteiger partial charge on any atom is 0.244 e. The SMILES string of the molecule is O=C(C=Cc1ccccc1F)NCC(=O)N1CCn2cccc2C1c1ccccc1. The Bertz CT molecular complexity index is 1070. The normalized spacial score (nSPS) is 15.8. The van der Waals surface area contributed by atoms with Gasteiger partial charge in [-0.3, -0.25) is 9.59 Å². The number of fused-ring (bicyclic) bond motifs is 1. The molecule has 0 aliphatic carbocycles. The highest BCUT2D eigenvalue weighted by Gasteiger charge is 2.31. The van der Waals surface area contributed by atoms with E-state index in [-0.39, 0.29) is 18.5 Å². The Hall–Kier alpha value is -3.67. The number of carbonyl (C=O) groups excluding carboxylic acids is 2. The van der Waals surface area contributed by atoms with Crippen molar-refractivity contribution in [3.8, 4) is 0 Å². The van der Waals surface area contributed by atoms with E-state index in [4.69, 9.17) is 0 Å². The molecule has 6 heteroatoms. The molecule has 0 saturated carbocycles. The molecule has 0 bridgehead atoms. The van der Waals surface area contributed by atoms with E-state index in [9.17, 15) is 14.0 Å². The average Bonchev–Trinajstić information content (AvgIpc) is 3.25.